The van der Waals surface area contributed by atoms with Crippen molar-refractivity contribution < 1.29 is 56.7 Å². The Morgan fingerprint density at radius 1 is 1.27 bits per heavy atom. The SMILES string of the molecule is COC(C)COCCOCS(=O)(=O)[O-].[Na+]. The standard InChI is InChI=1S/C7H16O6S.Na/c1-7(11-2)5-12-3-4-13-6-14(8,9)10;/h7H,3-6H2,1-2H3,(H,8,9,10);/q;+1/p-1. The van der Waals surface area contributed by atoms with Gasteiger partial charge in [-0.1, -0.05) is 0 Å². The van der Waals surface area contributed by atoms with Crippen LogP contribution in [0.15, 0.2) is 0 Å². The third-order valence-corrected chi connectivity index (χ3v) is 1.81. The summed E-state index contributed by atoms with van der Waals surface area (Å²) in [5.74, 6) is -0.809. The van der Waals surface area contributed by atoms with E-state index in [0.717, 1.165) is 0 Å². The van der Waals surface area contributed by atoms with Gasteiger partial charge in [-0.2, -0.15) is 0 Å². The fourth-order valence-electron chi connectivity index (χ4n) is 0.596. The molecule has 6 nitrogen and oxygen atoms in total. The van der Waals surface area contributed by atoms with Crippen molar-refractivity contribution in [3.8, 4) is 0 Å². The fraction of sp³-hybridized carbons (Fsp3) is 1.00. The Bertz CT molecular complexity index is 230. The molecular formula is C7H15NaO6S. The van der Waals surface area contributed by atoms with E-state index in [9.17, 15) is 13.0 Å². The Balaban J connectivity index is 0. The van der Waals surface area contributed by atoms with Crippen LogP contribution in [-0.4, -0.2) is 51.9 Å². The van der Waals surface area contributed by atoms with Gasteiger partial charge in [0.05, 0.1) is 25.9 Å². The summed E-state index contributed by atoms with van der Waals surface area (Å²) in [4.78, 5) is 0. The first-order valence-corrected chi connectivity index (χ1v) is 5.65. The van der Waals surface area contributed by atoms with Crippen molar-refractivity contribution in [3.63, 3.8) is 0 Å². The fourth-order valence-corrected chi connectivity index (χ4v) is 0.918. The van der Waals surface area contributed by atoms with E-state index >= 15 is 0 Å². The molecule has 0 aliphatic carbocycles. The number of methoxy groups -OCH3 is 1. The van der Waals surface area contributed by atoms with Crippen molar-refractivity contribution in [2.24, 2.45) is 0 Å². The smallest absolute Gasteiger partial charge is 0.746 e. The number of ether oxygens (including phenoxy) is 3. The summed E-state index contributed by atoms with van der Waals surface area (Å²) in [6, 6.07) is 0. The average Bonchev–Trinajstić information content (AvgIpc) is 2.08. The molecule has 1 unspecified atom stereocenters. The molecule has 0 radical (unpaired) electrons. The second-order valence-electron chi connectivity index (χ2n) is 2.71. The Labute approximate surface area is 112 Å². The maximum absolute atomic E-state index is 10.1. The molecule has 15 heavy (non-hydrogen) atoms. The second kappa shape index (κ2) is 9.98. The Hall–Kier alpha value is 0.790. The Morgan fingerprint density at radius 2 is 1.80 bits per heavy atom. The van der Waals surface area contributed by atoms with E-state index in [1.807, 2.05) is 6.92 Å². The molecule has 1 atom stereocenters. The number of hydrogen-bond acceptors (Lipinski definition) is 6. The van der Waals surface area contributed by atoms with Gasteiger partial charge in [-0.3, -0.25) is 0 Å². The molecule has 0 bridgehead atoms. The van der Waals surface area contributed by atoms with Crippen molar-refractivity contribution >= 4 is 10.1 Å². The topological polar surface area (TPSA) is 84.9 Å². The average molecular weight is 250 g/mol. The largest absolute Gasteiger partial charge is 1.00 e. The van der Waals surface area contributed by atoms with Crippen LogP contribution in [0.2, 0.25) is 0 Å². The molecule has 0 N–H and O–H groups in total. The minimum Gasteiger partial charge on any atom is -0.746 e. The van der Waals surface area contributed by atoms with Gasteiger partial charge >= 0.3 is 29.6 Å². The van der Waals surface area contributed by atoms with Crippen LogP contribution in [0.3, 0.4) is 0 Å². The molecule has 0 aromatic rings. The molecule has 0 saturated heterocycles. The zero-order valence-electron chi connectivity index (χ0n) is 9.26. The molecule has 0 saturated carbocycles. The van der Waals surface area contributed by atoms with Gasteiger partial charge in [-0.25, -0.2) is 8.42 Å². The zero-order valence-corrected chi connectivity index (χ0v) is 12.1. The van der Waals surface area contributed by atoms with Crippen LogP contribution in [-0.2, 0) is 24.3 Å². The van der Waals surface area contributed by atoms with E-state index in [4.69, 9.17) is 9.47 Å². The predicted octanol–water partition coefficient (Wildman–Crippen LogP) is -3.44. The van der Waals surface area contributed by atoms with Crippen molar-refractivity contribution in [2.45, 2.75) is 13.0 Å². The summed E-state index contributed by atoms with van der Waals surface area (Å²) in [5, 5.41) is 0. The monoisotopic (exact) mass is 250 g/mol. The van der Waals surface area contributed by atoms with Gasteiger partial charge < -0.3 is 18.8 Å². The third kappa shape index (κ3) is 14.8. The van der Waals surface area contributed by atoms with Gasteiger partial charge in [-0.05, 0) is 6.92 Å². The van der Waals surface area contributed by atoms with Crippen molar-refractivity contribution in [1.82, 2.24) is 0 Å². The summed E-state index contributed by atoms with van der Waals surface area (Å²) in [5.41, 5.74) is 0. The molecule has 0 amide bonds. The normalized spacial score (nSPS) is 13.3. The molecule has 8 heteroatoms. The van der Waals surface area contributed by atoms with Crippen LogP contribution in [0.4, 0.5) is 0 Å². The Morgan fingerprint density at radius 3 is 2.27 bits per heavy atom. The van der Waals surface area contributed by atoms with Crippen LogP contribution in [0.1, 0.15) is 6.92 Å². The summed E-state index contributed by atoms with van der Waals surface area (Å²) in [7, 11) is -2.72. The van der Waals surface area contributed by atoms with E-state index in [2.05, 4.69) is 4.74 Å². The van der Waals surface area contributed by atoms with Crippen molar-refractivity contribution in [3.05, 3.63) is 0 Å². The first kappa shape index (κ1) is 18.2. The maximum Gasteiger partial charge on any atom is 1.00 e. The van der Waals surface area contributed by atoms with Crippen LogP contribution in [0.5, 0.6) is 0 Å². The maximum atomic E-state index is 10.1. The van der Waals surface area contributed by atoms with Crippen molar-refractivity contribution in [1.29, 1.82) is 0 Å². The van der Waals surface area contributed by atoms with E-state index in [-0.39, 0.29) is 48.9 Å². The molecule has 0 heterocycles. The molecule has 86 valence electrons. The Kier molecular flexibility index (Phi) is 12.1. The van der Waals surface area contributed by atoms with E-state index in [0.29, 0.717) is 6.61 Å². The van der Waals surface area contributed by atoms with Crippen molar-refractivity contribution in [2.75, 3.05) is 32.9 Å². The first-order valence-electron chi connectivity index (χ1n) is 4.07. The second-order valence-corrected chi connectivity index (χ2v) is 4.06. The number of hydrogen-bond donors (Lipinski definition) is 0. The molecule has 0 aliphatic rings. The van der Waals surface area contributed by atoms with Crippen LogP contribution in [0.25, 0.3) is 0 Å². The molecule has 0 aliphatic heterocycles. The number of rotatable bonds is 8. The van der Waals surface area contributed by atoms with Crippen LogP contribution in [0, 0.1) is 0 Å². The molecule has 0 aromatic heterocycles. The van der Waals surface area contributed by atoms with E-state index in [1.54, 1.807) is 7.11 Å². The molecule has 0 spiro atoms. The quantitative estimate of drug-likeness (QED) is 0.253. The van der Waals surface area contributed by atoms with Gasteiger partial charge in [0.15, 0.2) is 0 Å². The molecule has 0 rings (SSSR count). The minimum absolute atomic E-state index is 0. The molecular weight excluding hydrogens is 235 g/mol. The van der Waals surface area contributed by atoms with Crippen LogP contribution >= 0.6 is 0 Å². The molecule has 0 aromatic carbocycles. The van der Waals surface area contributed by atoms with Crippen LogP contribution < -0.4 is 29.6 Å². The predicted molar refractivity (Wildman–Crippen MR) is 47.8 cm³/mol. The summed E-state index contributed by atoms with van der Waals surface area (Å²) < 4.78 is 44.7. The van der Waals surface area contributed by atoms with E-state index in [1.165, 1.54) is 0 Å². The van der Waals surface area contributed by atoms with Gasteiger partial charge in [-0.15, -0.1) is 0 Å². The minimum atomic E-state index is -4.28. The summed E-state index contributed by atoms with van der Waals surface area (Å²) in [6.07, 6.45) is -0.0155. The van der Waals surface area contributed by atoms with Gasteiger partial charge in [0.1, 0.15) is 16.1 Å². The van der Waals surface area contributed by atoms with E-state index < -0.39 is 16.1 Å². The van der Waals surface area contributed by atoms with Gasteiger partial charge in [0, 0.05) is 7.11 Å². The van der Waals surface area contributed by atoms with Gasteiger partial charge in [0.25, 0.3) is 0 Å². The van der Waals surface area contributed by atoms with Gasteiger partial charge in [0.2, 0.25) is 0 Å². The third-order valence-electron chi connectivity index (χ3n) is 1.35. The molecule has 0 fully saturated rings. The summed E-state index contributed by atoms with van der Waals surface area (Å²) >= 11 is 0. The first-order chi connectivity index (χ1) is 6.45. The zero-order chi connectivity index (χ0) is 11.0. The summed E-state index contributed by atoms with van der Waals surface area (Å²) in [6.45, 7) is 2.56.